The third kappa shape index (κ3) is 3.39. The monoisotopic (exact) mass is 274 g/mol. The highest BCUT2D eigenvalue weighted by Crippen LogP contribution is 2.19. The van der Waals surface area contributed by atoms with Crippen LogP contribution in [0.1, 0.15) is 13.8 Å². The van der Waals surface area contributed by atoms with Crippen molar-refractivity contribution in [2.45, 2.75) is 26.5 Å². The Labute approximate surface area is 119 Å². The summed E-state index contributed by atoms with van der Waals surface area (Å²) in [4.78, 5) is 14.4. The van der Waals surface area contributed by atoms with Gasteiger partial charge in [-0.2, -0.15) is 0 Å². The SMILES string of the molecule is CC(C)Oc1ccc2c(=O)n(CCN(C)C)ccc2c1. The molecule has 0 N–H and O–H groups in total. The molecule has 0 saturated carbocycles. The number of fused-ring (bicyclic) bond motifs is 1. The quantitative estimate of drug-likeness (QED) is 0.839. The number of ether oxygens (including phenoxy) is 1. The van der Waals surface area contributed by atoms with Crippen LogP contribution < -0.4 is 10.3 Å². The first kappa shape index (κ1) is 14.6. The molecular formula is C16H22N2O2. The molecule has 20 heavy (non-hydrogen) atoms. The summed E-state index contributed by atoms with van der Waals surface area (Å²) in [6.07, 6.45) is 1.99. The number of likely N-dealkylation sites (N-methyl/N-ethyl adjacent to an activating group) is 1. The molecule has 1 aromatic carbocycles. The summed E-state index contributed by atoms with van der Waals surface area (Å²) in [5, 5.41) is 1.66. The van der Waals surface area contributed by atoms with Crippen molar-refractivity contribution in [1.29, 1.82) is 0 Å². The highest BCUT2D eigenvalue weighted by molar-refractivity contribution is 5.82. The van der Waals surface area contributed by atoms with Gasteiger partial charge in [0.1, 0.15) is 5.75 Å². The average molecular weight is 274 g/mol. The van der Waals surface area contributed by atoms with Crippen molar-refractivity contribution in [1.82, 2.24) is 9.47 Å². The number of rotatable bonds is 5. The van der Waals surface area contributed by atoms with E-state index < -0.39 is 0 Å². The molecule has 0 fully saturated rings. The van der Waals surface area contributed by atoms with Crippen LogP contribution in [0.4, 0.5) is 0 Å². The van der Waals surface area contributed by atoms with E-state index in [1.54, 1.807) is 4.57 Å². The van der Waals surface area contributed by atoms with Gasteiger partial charge in [0.05, 0.1) is 6.10 Å². The first-order valence-electron chi connectivity index (χ1n) is 6.92. The topological polar surface area (TPSA) is 34.5 Å². The van der Waals surface area contributed by atoms with Crippen LogP contribution in [0.2, 0.25) is 0 Å². The molecule has 1 aromatic heterocycles. The van der Waals surface area contributed by atoms with E-state index in [2.05, 4.69) is 4.90 Å². The van der Waals surface area contributed by atoms with Crippen LogP contribution in [-0.4, -0.2) is 36.2 Å². The van der Waals surface area contributed by atoms with Crippen molar-refractivity contribution >= 4 is 10.8 Å². The summed E-state index contributed by atoms with van der Waals surface area (Å²) in [5.74, 6) is 0.804. The molecule has 2 rings (SSSR count). The van der Waals surface area contributed by atoms with Crippen LogP contribution in [0, 0.1) is 0 Å². The van der Waals surface area contributed by atoms with Gasteiger partial charge in [0.2, 0.25) is 0 Å². The Kier molecular flexibility index (Phi) is 4.45. The van der Waals surface area contributed by atoms with Gasteiger partial charge in [-0.3, -0.25) is 4.79 Å². The van der Waals surface area contributed by atoms with E-state index in [0.717, 1.165) is 23.1 Å². The van der Waals surface area contributed by atoms with E-state index in [1.165, 1.54) is 0 Å². The predicted octanol–water partition coefficient (Wildman–Crippen LogP) is 2.35. The first-order chi connectivity index (χ1) is 9.47. The molecule has 0 spiro atoms. The minimum Gasteiger partial charge on any atom is -0.491 e. The molecule has 0 saturated heterocycles. The fraction of sp³-hybridized carbons (Fsp3) is 0.438. The maximum absolute atomic E-state index is 12.4. The minimum atomic E-state index is 0.0560. The molecule has 0 unspecified atom stereocenters. The molecule has 2 aromatic rings. The van der Waals surface area contributed by atoms with E-state index in [1.807, 2.05) is 58.4 Å². The van der Waals surface area contributed by atoms with E-state index in [9.17, 15) is 4.79 Å². The fourth-order valence-electron chi connectivity index (χ4n) is 2.10. The second-order valence-electron chi connectivity index (χ2n) is 5.53. The third-order valence-electron chi connectivity index (χ3n) is 3.11. The molecule has 0 aliphatic carbocycles. The van der Waals surface area contributed by atoms with Gasteiger partial charge in [0, 0.05) is 24.7 Å². The summed E-state index contributed by atoms with van der Waals surface area (Å²) in [6.45, 7) is 5.53. The number of aromatic nitrogens is 1. The molecule has 4 nitrogen and oxygen atoms in total. The van der Waals surface area contributed by atoms with Gasteiger partial charge in [-0.15, -0.1) is 0 Å². The molecular weight excluding hydrogens is 252 g/mol. The van der Waals surface area contributed by atoms with Crippen molar-refractivity contribution < 1.29 is 4.74 Å². The van der Waals surface area contributed by atoms with Crippen molar-refractivity contribution in [2.75, 3.05) is 20.6 Å². The lowest BCUT2D eigenvalue weighted by Gasteiger charge is -2.13. The normalized spacial score (nSPS) is 11.5. The smallest absolute Gasteiger partial charge is 0.258 e. The average Bonchev–Trinajstić information content (AvgIpc) is 2.37. The van der Waals surface area contributed by atoms with Crippen LogP contribution >= 0.6 is 0 Å². The number of pyridine rings is 1. The highest BCUT2D eigenvalue weighted by Gasteiger charge is 2.05. The van der Waals surface area contributed by atoms with Crippen molar-refractivity contribution in [2.24, 2.45) is 0 Å². The second kappa shape index (κ2) is 6.09. The predicted molar refractivity (Wildman–Crippen MR) is 82.5 cm³/mol. The third-order valence-corrected chi connectivity index (χ3v) is 3.11. The zero-order chi connectivity index (χ0) is 14.7. The zero-order valence-corrected chi connectivity index (χ0v) is 12.6. The Morgan fingerprint density at radius 1 is 1.25 bits per heavy atom. The molecule has 4 heteroatoms. The Hall–Kier alpha value is -1.81. The summed E-state index contributed by atoms with van der Waals surface area (Å²) >= 11 is 0. The van der Waals surface area contributed by atoms with Gasteiger partial charge >= 0.3 is 0 Å². The van der Waals surface area contributed by atoms with E-state index >= 15 is 0 Å². The lowest BCUT2D eigenvalue weighted by atomic mass is 10.1. The largest absolute Gasteiger partial charge is 0.491 e. The first-order valence-corrected chi connectivity index (χ1v) is 6.92. The molecule has 0 atom stereocenters. The summed E-state index contributed by atoms with van der Waals surface area (Å²) in [5.41, 5.74) is 0.0560. The van der Waals surface area contributed by atoms with E-state index in [-0.39, 0.29) is 11.7 Å². The Morgan fingerprint density at radius 3 is 2.65 bits per heavy atom. The number of hydrogen-bond donors (Lipinski definition) is 0. The number of nitrogens with zero attached hydrogens (tertiary/aromatic N) is 2. The van der Waals surface area contributed by atoms with Crippen LogP contribution in [0.3, 0.4) is 0 Å². The van der Waals surface area contributed by atoms with Crippen LogP contribution in [-0.2, 0) is 6.54 Å². The second-order valence-corrected chi connectivity index (χ2v) is 5.53. The Balaban J connectivity index is 2.34. The summed E-state index contributed by atoms with van der Waals surface area (Å²) < 4.78 is 7.41. The molecule has 108 valence electrons. The van der Waals surface area contributed by atoms with Gasteiger partial charge in [-0.25, -0.2) is 0 Å². The maximum atomic E-state index is 12.4. The van der Waals surface area contributed by atoms with Gasteiger partial charge in [-0.05, 0) is 57.6 Å². The molecule has 0 bridgehead atoms. The summed E-state index contributed by atoms with van der Waals surface area (Å²) in [7, 11) is 4.00. The number of hydrogen-bond acceptors (Lipinski definition) is 3. The van der Waals surface area contributed by atoms with Gasteiger partial charge in [0.25, 0.3) is 5.56 Å². The molecule has 0 radical (unpaired) electrons. The van der Waals surface area contributed by atoms with Crippen LogP contribution in [0.25, 0.3) is 10.8 Å². The van der Waals surface area contributed by atoms with Crippen molar-refractivity contribution in [3.63, 3.8) is 0 Å². The molecule has 0 aliphatic heterocycles. The van der Waals surface area contributed by atoms with E-state index in [4.69, 9.17) is 4.74 Å². The van der Waals surface area contributed by atoms with Crippen molar-refractivity contribution in [3.05, 3.63) is 40.8 Å². The minimum absolute atomic E-state index is 0.0560. The van der Waals surface area contributed by atoms with Crippen LogP contribution in [0.15, 0.2) is 35.3 Å². The van der Waals surface area contributed by atoms with Gasteiger partial charge in [-0.1, -0.05) is 0 Å². The summed E-state index contributed by atoms with van der Waals surface area (Å²) in [6, 6.07) is 7.61. The van der Waals surface area contributed by atoms with E-state index in [0.29, 0.717) is 6.54 Å². The molecule has 0 amide bonds. The molecule has 1 heterocycles. The highest BCUT2D eigenvalue weighted by atomic mass is 16.5. The zero-order valence-electron chi connectivity index (χ0n) is 12.6. The fourth-order valence-corrected chi connectivity index (χ4v) is 2.10. The lowest BCUT2D eigenvalue weighted by Crippen LogP contribution is -2.26. The van der Waals surface area contributed by atoms with Crippen molar-refractivity contribution in [3.8, 4) is 5.75 Å². The molecule has 0 aliphatic rings. The lowest BCUT2D eigenvalue weighted by molar-refractivity contribution is 0.243. The van der Waals surface area contributed by atoms with Gasteiger partial charge < -0.3 is 14.2 Å². The Morgan fingerprint density at radius 2 is 2.00 bits per heavy atom. The van der Waals surface area contributed by atoms with Crippen LogP contribution in [0.5, 0.6) is 5.75 Å². The number of benzene rings is 1. The maximum Gasteiger partial charge on any atom is 0.258 e. The Bertz CT molecular complexity index is 644. The van der Waals surface area contributed by atoms with Gasteiger partial charge in [0.15, 0.2) is 0 Å². The standard InChI is InChI=1S/C16H22N2O2/c1-12(2)20-14-5-6-15-13(11-14)7-8-18(16(15)19)10-9-17(3)4/h5-8,11-12H,9-10H2,1-4H3.